The van der Waals surface area contributed by atoms with Crippen LogP contribution in [0.2, 0.25) is 0 Å². The monoisotopic (exact) mass is 533 g/mol. The van der Waals surface area contributed by atoms with E-state index in [4.69, 9.17) is 4.74 Å². The summed E-state index contributed by atoms with van der Waals surface area (Å²) >= 11 is 0. The van der Waals surface area contributed by atoms with Crippen molar-refractivity contribution in [3.05, 3.63) is 35.4 Å². The molecule has 3 amide bonds. The summed E-state index contributed by atoms with van der Waals surface area (Å²) < 4.78 is 10.1. The standard InChI is InChI=1S/C29H47N3O6/c1-9-11-12-13-18-32(27(35)24(21(4)10-2)31-28(36)38-29(5,6)7)25(22-16-14-20(3)15-17-22)26(34)30-19-23(33)37-8/h14-17,21,24-25H,9-13,18-19H2,1-8H3,(H,30,34)(H,31,36). The van der Waals surface area contributed by atoms with Gasteiger partial charge in [0.05, 0.1) is 7.11 Å². The lowest BCUT2D eigenvalue weighted by Crippen LogP contribution is -2.55. The number of benzene rings is 1. The van der Waals surface area contributed by atoms with Crippen LogP contribution >= 0.6 is 0 Å². The second-order valence-electron chi connectivity index (χ2n) is 10.7. The van der Waals surface area contributed by atoms with E-state index < -0.39 is 35.7 Å². The van der Waals surface area contributed by atoms with Crippen LogP contribution in [-0.4, -0.2) is 60.6 Å². The molecule has 0 saturated carbocycles. The van der Waals surface area contributed by atoms with E-state index in [0.29, 0.717) is 24.9 Å². The van der Waals surface area contributed by atoms with Gasteiger partial charge in [-0.25, -0.2) is 4.79 Å². The number of alkyl carbamates (subject to hydrolysis) is 1. The Labute approximate surface area is 228 Å². The molecule has 38 heavy (non-hydrogen) atoms. The summed E-state index contributed by atoms with van der Waals surface area (Å²) in [6.45, 7) is 13.1. The van der Waals surface area contributed by atoms with E-state index in [1.165, 1.54) is 12.0 Å². The molecule has 0 spiro atoms. The first-order valence-electron chi connectivity index (χ1n) is 13.6. The van der Waals surface area contributed by atoms with Gasteiger partial charge in [0.25, 0.3) is 0 Å². The predicted molar refractivity (Wildman–Crippen MR) is 147 cm³/mol. The molecular weight excluding hydrogens is 486 g/mol. The van der Waals surface area contributed by atoms with Gasteiger partial charge in [-0.1, -0.05) is 76.3 Å². The van der Waals surface area contributed by atoms with Crippen molar-refractivity contribution in [1.82, 2.24) is 15.5 Å². The molecule has 9 nitrogen and oxygen atoms in total. The molecule has 1 aromatic rings. The second kappa shape index (κ2) is 16.0. The molecule has 0 aliphatic carbocycles. The molecule has 214 valence electrons. The van der Waals surface area contributed by atoms with Gasteiger partial charge in [-0.05, 0) is 45.6 Å². The van der Waals surface area contributed by atoms with Gasteiger partial charge in [-0.15, -0.1) is 0 Å². The van der Waals surface area contributed by atoms with E-state index in [1.54, 1.807) is 20.8 Å². The van der Waals surface area contributed by atoms with Crippen molar-refractivity contribution in [2.45, 2.75) is 98.3 Å². The minimum atomic E-state index is -0.999. The molecule has 0 radical (unpaired) electrons. The van der Waals surface area contributed by atoms with Gasteiger partial charge < -0.3 is 25.0 Å². The van der Waals surface area contributed by atoms with E-state index in [0.717, 1.165) is 24.8 Å². The van der Waals surface area contributed by atoms with Crippen molar-refractivity contribution in [1.29, 1.82) is 0 Å². The smallest absolute Gasteiger partial charge is 0.408 e. The highest BCUT2D eigenvalue weighted by molar-refractivity contribution is 5.93. The van der Waals surface area contributed by atoms with Crippen molar-refractivity contribution >= 4 is 23.9 Å². The van der Waals surface area contributed by atoms with Gasteiger partial charge in [0.2, 0.25) is 11.8 Å². The van der Waals surface area contributed by atoms with Crippen molar-refractivity contribution < 1.29 is 28.7 Å². The van der Waals surface area contributed by atoms with Crippen LogP contribution in [0.1, 0.15) is 90.8 Å². The Morgan fingerprint density at radius 2 is 1.63 bits per heavy atom. The number of amides is 3. The molecule has 0 aliphatic rings. The number of unbranched alkanes of at least 4 members (excludes halogenated alkanes) is 3. The maximum absolute atomic E-state index is 14.2. The minimum absolute atomic E-state index is 0.218. The van der Waals surface area contributed by atoms with E-state index in [1.807, 2.05) is 45.0 Å². The summed E-state index contributed by atoms with van der Waals surface area (Å²) in [5.41, 5.74) is 0.889. The van der Waals surface area contributed by atoms with Crippen LogP contribution in [0, 0.1) is 12.8 Å². The predicted octanol–water partition coefficient (Wildman–Crippen LogP) is 4.67. The quantitative estimate of drug-likeness (QED) is 0.265. The Hall–Kier alpha value is -3.10. The molecular formula is C29H47N3O6. The SMILES string of the molecule is CCCCCCN(C(=O)C(NC(=O)OC(C)(C)C)C(C)CC)C(C(=O)NCC(=O)OC)c1ccc(C)cc1. The van der Waals surface area contributed by atoms with E-state index in [2.05, 4.69) is 22.3 Å². The number of nitrogens with zero attached hydrogens (tertiary/aromatic N) is 1. The van der Waals surface area contributed by atoms with Gasteiger partial charge in [-0.3, -0.25) is 14.4 Å². The fourth-order valence-corrected chi connectivity index (χ4v) is 3.92. The van der Waals surface area contributed by atoms with Crippen molar-refractivity contribution in [3.8, 4) is 0 Å². The molecule has 3 atom stereocenters. The zero-order valence-electron chi connectivity index (χ0n) is 24.4. The molecule has 9 heteroatoms. The molecule has 0 heterocycles. The Balaban J connectivity index is 3.49. The topological polar surface area (TPSA) is 114 Å². The molecule has 0 aliphatic heterocycles. The fraction of sp³-hybridized carbons (Fsp3) is 0.655. The highest BCUT2D eigenvalue weighted by atomic mass is 16.6. The first-order chi connectivity index (χ1) is 17.8. The summed E-state index contributed by atoms with van der Waals surface area (Å²) in [5.74, 6) is -1.68. The van der Waals surface area contributed by atoms with Crippen molar-refractivity contribution in [2.75, 3.05) is 20.2 Å². The molecule has 1 aromatic carbocycles. The van der Waals surface area contributed by atoms with Crippen LogP contribution in [0.4, 0.5) is 4.79 Å². The Kier molecular flexibility index (Phi) is 13.9. The van der Waals surface area contributed by atoms with Crippen LogP contribution in [0.15, 0.2) is 24.3 Å². The molecule has 1 rings (SSSR count). The molecule has 0 saturated heterocycles. The lowest BCUT2D eigenvalue weighted by atomic mass is 9.95. The normalized spacial score (nSPS) is 13.6. The molecule has 0 fully saturated rings. The maximum Gasteiger partial charge on any atom is 0.408 e. The highest BCUT2D eigenvalue weighted by Crippen LogP contribution is 2.26. The molecule has 3 unspecified atom stereocenters. The van der Waals surface area contributed by atoms with E-state index in [-0.39, 0.29) is 18.4 Å². The van der Waals surface area contributed by atoms with Crippen LogP contribution in [0.25, 0.3) is 0 Å². The number of nitrogens with one attached hydrogen (secondary N) is 2. The number of rotatable bonds is 14. The zero-order valence-corrected chi connectivity index (χ0v) is 24.4. The summed E-state index contributed by atoms with van der Waals surface area (Å²) in [6, 6.07) is 5.47. The minimum Gasteiger partial charge on any atom is -0.468 e. The van der Waals surface area contributed by atoms with Gasteiger partial charge in [0, 0.05) is 6.54 Å². The lowest BCUT2D eigenvalue weighted by molar-refractivity contribution is -0.145. The first kappa shape index (κ1) is 32.9. The highest BCUT2D eigenvalue weighted by Gasteiger charge is 2.38. The van der Waals surface area contributed by atoms with Gasteiger partial charge in [0.15, 0.2) is 0 Å². The summed E-state index contributed by atoms with van der Waals surface area (Å²) in [6.07, 6.45) is 3.52. The Morgan fingerprint density at radius 1 is 1.00 bits per heavy atom. The number of esters is 1. The number of hydrogen-bond acceptors (Lipinski definition) is 6. The average molecular weight is 534 g/mol. The van der Waals surface area contributed by atoms with Gasteiger partial charge in [0.1, 0.15) is 24.2 Å². The van der Waals surface area contributed by atoms with Crippen molar-refractivity contribution in [3.63, 3.8) is 0 Å². The summed E-state index contributed by atoms with van der Waals surface area (Å²) in [5, 5.41) is 5.38. The molecule has 2 N–H and O–H groups in total. The number of hydrogen-bond donors (Lipinski definition) is 2. The number of methoxy groups -OCH3 is 1. The number of carbonyl (C=O) groups is 4. The molecule has 0 aromatic heterocycles. The molecule has 0 bridgehead atoms. The van der Waals surface area contributed by atoms with Crippen molar-refractivity contribution in [2.24, 2.45) is 5.92 Å². The third kappa shape index (κ3) is 11.1. The van der Waals surface area contributed by atoms with Crippen LogP contribution < -0.4 is 10.6 Å². The fourth-order valence-electron chi connectivity index (χ4n) is 3.92. The summed E-state index contributed by atoms with van der Waals surface area (Å²) in [7, 11) is 1.24. The van der Waals surface area contributed by atoms with Crippen LogP contribution in [-0.2, 0) is 23.9 Å². The van der Waals surface area contributed by atoms with E-state index >= 15 is 0 Å². The van der Waals surface area contributed by atoms with Gasteiger partial charge >= 0.3 is 12.1 Å². The Morgan fingerprint density at radius 3 is 2.16 bits per heavy atom. The third-order valence-electron chi connectivity index (χ3n) is 6.27. The van der Waals surface area contributed by atoms with E-state index in [9.17, 15) is 19.2 Å². The second-order valence-corrected chi connectivity index (χ2v) is 10.7. The maximum atomic E-state index is 14.2. The zero-order chi connectivity index (χ0) is 28.9. The first-order valence-corrected chi connectivity index (χ1v) is 13.6. The Bertz CT molecular complexity index is 910. The number of carbonyl (C=O) groups excluding carboxylic acids is 4. The summed E-state index contributed by atoms with van der Waals surface area (Å²) in [4.78, 5) is 53.7. The largest absolute Gasteiger partial charge is 0.468 e. The lowest BCUT2D eigenvalue weighted by Gasteiger charge is -2.36. The van der Waals surface area contributed by atoms with Crippen LogP contribution in [0.3, 0.4) is 0 Å². The van der Waals surface area contributed by atoms with Gasteiger partial charge in [-0.2, -0.15) is 0 Å². The number of ether oxygens (including phenoxy) is 2. The number of aryl methyl sites for hydroxylation is 1. The third-order valence-corrected chi connectivity index (χ3v) is 6.27. The average Bonchev–Trinajstić information content (AvgIpc) is 2.86. The van der Waals surface area contributed by atoms with Crippen LogP contribution in [0.5, 0.6) is 0 Å².